The quantitative estimate of drug-likeness (QED) is 0.515. The minimum atomic E-state index is -1.00. The molecule has 3 nitrogen and oxygen atoms in total. The van der Waals surface area contributed by atoms with Gasteiger partial charge in [0.25, 0.3) is 0 Å². The molecule has 0 radical (unpaired) electrons. The maximum Gasteiger partial charge on any atom is 0.118 e. The van der Waals surface area contributed by atoms with E-state index in [1.807, 2.05) is 0 Å². The lowest BCUT2D eigenvalue weighted by molar-refractivity contribution is -0.864. The highest BCUT2D eigenvalue weighted by Gasteiger charge is 2.04. The normalized spacial score (nSPS) is 9.70. The van der Waals surface area contributed by atoms with Gasteiger partial charge in [0.2, 0.25) is 0 Å². The Morgan fingerprint density at radius 2 is 1.70 bits per heavy atom. The van der Waals surface area contributed by atoms with Crippen molar-refractivity contribution in [2.75, 3.05) is 27.7 Å². The van der Waals surface area contributed by atoms with Gasteiger partial charge < -0.3 is 14.4 Å². The first kappa shape index (κ1) is 13.5. The summed E-state index contributed by atoms with van der Waals surface area (Å²) in [6.07, 6.45) is 0. The third-order valence-corrected chi connectivity index (χ3v) is 0.603. The average Bonchev–Trinajstić information content (AvgIpc) is 1.64. The first-order valence-electron chi connectivity index (χ1n) is 2.56. The van der Waals surface area contributed by atoms with Crippen molar-refractivity contribution in [3.63, 3.8) is 0 Å². The van der Waals surface area contributed by atoms with E-state index in [-0.39, 0.29) is 6.54 Å². The van der Waals surface area contributed by atoms with Crippen LogP contribution in [0.1, 0.15) is 0 Å². The van der Waals surface area contributed by atoms with Crippen molar-refractivity contribution in [2.24, 2.45) is 0 Å². The monoisotopic (exact) mass is 371 g/mol. The molecular weight excluding hydrogens is 360 g/mol. The molecule has 0 unspecified atom stereocenters. The van der Waals surface area contributed by atoms with Crippen molar-refractivity contribution in [1.82, 2.24) is 0 Å². The second-order valence-electron chi connectivity index (χ2n) is 2.82. The molecule has 0 amide bonds. The molecule has 0 aliphatic carbocycles. The van der Waals surface area contributed by atoms with Crippen LogP contribution in [0, 0.1) is 0 Å². The Labute approximate surface area is 84.7 Å². The summed E-state index contributed by atoms with van der Waals surface area (Å²) in [5.74, 6) is -1.00. The average molecular weight is 371 g/mol. The molecule has 0 aliphatic heterocycles. The Morgan fingerprint density at radius 1 is 1.40 bits per heavy atom. The molecule has 62 valence electrons. The van der Waals surface area contributed by atoms with Crippen LogP contribution >= 0.6 is 37.2 Å². The highest BCUT2D eigenvalue weighted by Crippen LogP contribution is 1.89. The first-order chi connectivity index (χ1) is 4.42. The van der Waals surface area contributed by atoms with E-state index in [1.165, 1.54) is 0 Å². The van der Waals surface area contributed by atoms with Gasteiger partial charge in [-0.1, -0.05) is 0 Å². The van der Waals surface area contributed by atoms with E-state index in [0.29, 0.717) is 4.48 Å². The Morgan fingerprint density at radius 3 is 1.70 bits per heavy atom. The smallest absolute Gasteiger partial charge is 0.118 e. The topological polar surface area (TPSA) is 40.1 Å². The van der Waals surface area contributed by atoms with Gasteiger partial charge in [-0.2, -0.15) is 0 Å². The maximum atomic E-state index is 9.89. The summed E-state index contributed by atoms with van der Waals surface area (Å²) >= 11 is 4.24. The van der Waals surface area contributed by atoms with Crippen molar-refractivity contribution in [2.45, 2.75) is 0 Å². The van der Waals surface area contributed by atoms with Gasteiger partial charge in [0.05, 0.1) is 27.1 Å². The number of carbonyl (C=O) groups is 1. The van der Waals surface area contributed by atoms with Crippen molar-refractivity contribution in [3.8, 4) is 0 Å². The highest BCUT2D eigenvalue weighted by molar-refractivity contribution is 15.0. The molecule has 0 heterocycles. The molecule has 0 N–H and O–H groups in total. The number of aliphatic carboxylic acids is 1. The van der Waals surface area contributed by atoms with Crippen LogP contribution in [0.3, 0.4) is 0 Å². The predicted octanol–water partition coefficient (Wildman–Crippen LogP) is 0.214. The van der Waals surface area contributed by atoms with Gasteiger partial charge in [-0.3, -0.25) is 0 Å². The number of carboxylic acid groups (broad SMARTS) is 1. The first-order valence-corrected chi connectivity index (χ1v) is 8.85. The number of nitrogens with zero attached hydrogens (tertiary/aromatic N) is 1. The maximum absolute atomic E-state index is 9.89. The molecule has 0 aromatic carbocycles. The Balaban J connectivity index is 0. The van der Waals surface area contributed by atoms with E-state index >= 15 is 0 Å². The van der Waals surface area contributed by atoms with Gasteiger partial charge in [0.15, 0.2) is 0 Å². The zero-order chi connectivity index (χ0) is 8.78. The van der Waals surface area contributed by atoms with Crippen LogP contribution in [0.2, 0.25) is 0 Å². The molecule has 0 aliphatic rings. The van der Waals surface area contributed by atoms with Gasteiger partial charge in [-0.05, 0) is 0 Å². The molecular formula is C5H11I2NO2. The van der Waals surface area contributed by atoms with E-state index in [1.54, 1.807) is 21.1 Å². The van der Waals surface area contributed by atoms with E-state index in [9.17, 15) is 9.90 Å². The Hall–Kier alpha value is 0.890. The predicted molar refractivity (Wildman–Crippen MR) is 55.9 cm³/mol. The van der Waals surface area contributed by atoms with Crippen LogP contribution in [0.5, 0.6) is 0 Å². The van der Waals surface area contributed by atoms with Crippen molar-refractivity contribution < 1.29 is 14.4 Å². The Bertz CT molecular complexity index is 100. The third kappa shape index (κ3) is 16.0. The van der Waals surface area contributed by atoms with Crippen LogP contribution in [0.15, 0.2) is 0 Å². The minimum Gasteiger partial charge on any atom is -0.544 e. The van der Waals surface area contributed by atoms with Crippen LogP contribution in [0.25, 0.3) is 0 Å². The fourth-order valence-corrected chi connectivity index (χ4v) is 0.387. The molecule has 0 saturated heterocycles. The van der Waals surface area contributed by atoms with Gasteiger partial charge in [0, 0.05) is 37.2 Å². The van der Waals surface area contributed by atoms with Crippen LogP contribution < -0.4 is 5.11 Å². The summed E-state index contributed by atoms with van der Waals surface area (Å²) in [5.41, 5.74) is 0. The molecule has 5 heteroatoms. The molecule has 0 bridgehead atoms. The highest BCUT2D eigenvalue weighted by atomic mass is 128. The summed E-state index contributed by atoms with van der Waals surface area (Å²) in [4.78, 5) is 9.89. The number of hydrogen-bond donors (Lipinski definition) is 0. The molecule has 0 atom stereocenters. The molecule has 0 spiro atoms. The molecule has 10 heavy (non-hydrogen) atoms. The molecule has 0 rings (SSSR count). The zero-order valence-corrected chi connectivity index (χ0v) is 10.5. The van der Waals surface area contributed by atoms with Gasteiger partial charge in [0.1, 0.15) is 6.54 Å². The SMILES string of the molecule is C[N+](C)(C)CC(=O)[O-].II. The lowest BCUT2D eigenvalue weighted by Gasteiger charge is -2.23. The Kier molecular flexibility index (Phi) is 8.88. The standard InChI is InChI=1S/C5H11NO2.I2/c1-6(2,3)4-5(7)8;1-2/h4H2,1-3H3;. The molecule has 0 aromatic rings. The van der Waals surface area contributed by atoms with Crippen LogP contribution in [-0.2, 0) is 4.79 Å². The summed E-state index contributed by atoms with van der Waals surface area (Å²) in [5, 5.41) is 9.89. The van der Waals surface area contributed by atoms with Gasteiger partial charge >= 0.3 is 0 Å². The minimum absolute atomic E-state index is 0.0694. The lowest BCUT2D eigenvalue weighted by atomic mass is 10.5. The fourth-order valence-electron chi connectivity index (χ4n) is 0.387. The van der Waals surface area contributed by atoms with Crippen LogP contribution in [-0.4, -0.2) is 38.1 Å². The molecule has 0 aromatic heterocycles. The lowest BCUT2D eigenvalue weighted by Crippen LogP contribution is -2.45. The zero-order valence-electron chi connectivity index (χ0n) is 6.23. The summed E-state index contributed by atoms with van der Waals surface area (Å²) in [6.45, 7) is 0.0694. The fraction of sp³-hybridized carbons (Fsp3) is 0.800. The largest absolute Gasteiger partial charge is 0.544 e. The second-order valence-corrected chi connectivity index (χ2v) is 2.82. The summed E-state index contributed by atoms with van der Waals surface area (Å²) in [7, 11) is 5.40. The number of hydrogen-bond acceptors (Lipinski definition) is 2. The molecule has 0 fully saturated rings. The van der Waals surface area contributed by atoms with E-state index in [4.69, 9.17) is 0 Å². The number of likely N-dealkylation sites (N-methyl/N-ethyl adjacent to an activating group) is 1. The number of rotatable bonds is 2. The second kappa shape index (κ2) is 6.59. The van der Waals surface area contributed by atoms with E-state index in [2.05, 4.69) is 37.2 Å². The van der Waals surface area contributed by atoms with Crippen molar-refractivity contribution in [1.29, 1.82) is 0 Å². The molecule has 0 saturated carbocycles. The van der Waals surface area contributed by atoms with E-state index < -0.39 is 5.97 Å². The van der Waals surface area contributed by atoms with E-state index in [0.717, 1.165) is 0 Å². The van der Waals surface area contributed by atoms with Gasteiger partial charge in [-0.25, -0.2) is 0 Å². The third-order valence-electron chi connectivity index (χ3n) is 0.603. The summed E-state index contributed by atoms with van der Waals surface area (Å²) in [6, 6.07) is 0. The number of carboxylic acids is 1. The van der Waals surface area contributed by atoms with Crippen molar-refractivity contribution in [3.05, 3.63) is 0 Å². The number of quaternary nitrogens is 1. The van der Waals surface area contributed by atoms with Crippen LogP contribution in [0.4, 0.5) is 0 Å². The van der Waals surface area contributed by atoms with Crippen molar-refractivity contribution >= 4 is 43.2 Å². The number of halogens is 2. The van der Waals surface area contributed by atoms with Gasteiger partial charge in [-0.15, -0.1) is 0 Å². The number of carbonyl (C=O) groups excluding carboxylic acids is 1. The summed E-state index contributed by atoms with van der Waals surface area (Å²) < 4.78 is 0.419.